The van der Waals surface area contributed by atoms with Gasteiger partial charge in [0, 0.05) is 31.3 Å². The molecule has 0 radical (unpaired) electrons. The van der Waals surface area contributed by atoms with Crippen LogP contribution in [0.3, 0.4) is 0 Å². The average molecular weight is 257 g/mol. The maximum absolute atomic E-state index is 13.2. The van der Waals surface area contributed by atoms with E-state index >= 15 is 0 Å². The van der Waals surface area contributed by atoms with Crippen LogP contribution in [0.5, 0.6) is 0 Å². The molecule has 1 aliphatic rings. The van der Waals surface area contributed by atoms with Gasteiger partial charge in [0.15, 0.2) is 0 Å². The molecule has 1 aliphatic carbocycles. The van der Waals surface area contributed by atoms with Gasteiger partial charge in [0.05, 0.1) is 0 Å². The van der Waals surface area contributed by atoms with Crippen LogP contribution < -0.4 is 4.90 Å². The number of hydrogen-bond acceptors (Lipinski definition) is 3. The molecule has 0 N–H and O–H groups in total. The van der Waals surface area contributed by atoms with Crippen molar-refractivity contribution < 1.29 is 4.39 Å². The highest BCUT2D eigenvalue weighted by molar-refractivity contribution is 5.40. The highest BCUT2D eigenvalue weighted by atomic mass is 19.1. The van der Waals surface area contributed by atoms with E-state index in [2.05, 4.69) is 9.97 Å². The second kappa shape index (κ2) is 4.96. The van der Waals surface area contributed by atoms with E-state index in [4.69, 9.17) is 0 Å². The quantitative estimate of drug-likeness (QED) is 0.842. The summed E-state index contributed by atoms with van der Waals surface area (Å²) in [7, 11) is 1.96. The van der Waals surface area contributed by atoms with Crippen LogP contribution >= 0.6 is 0 Å². The van der Waals surface area contributed by atoms with E-state index in [0.717, 1.165) is 17.1 Å². The monoisotopic (exact) mass is 257 g/mol. The predicted octanol–water partition coefficient (Wildman–Crippen LogP) is 3.13. The Morgan fingerprint density at radius 3 is 2.84 bits per heavy atom. The molecule has 2 aromatic rings. The summed E-state index contributed by atoms with van der Waals surface area (Å²) in [4.78, 5) is 10.6. The third-order valence-electron chi connectivity index (χ3n) is 3.37. The molecule has 0 saturated heterocycles. The molecule has 0 amide bonds. The first kappa shape index (κ1) is 12.1. The summed E-state index contributed by atoms with van der Waals surface area (Å²) in [5.74, 6) is 1.30. The smallest absolute Gasteiger partial charge is 0.132 e. The standard InChI is InChI=1S/C15H16FN3/c1-19(9-11-3-2-4-13(16)7-11)15-8-14(12-5-6-12)17-10-18-15/h2-4,7-8,10,12H,5-6,9H2,1H3. The normalized spacial score (nSPS) is 14.4. The van der Waals surface area contributed by atoms with E-state index in [0.29, 0.717) is 12.5 Å². The van der Waals surface area contributed by atoms with Crippen LogP contribution in [-0.2, 0) is 6.54 Å². The lowest BCUT2D eigenvalue weighted by Crippen LogP contribution is -2.18. The lowest BCUT2D eigenvalue weighted by Gasteiger charge is -2.18. The van der Waals surface area contributed by atoms with Crippen LogP contribution in [0.2, 0.25) is 0 Å². The van der Waals surface area contributed by atoms with Gasteiger partial charge in [0.2, 0.25) is 0 Å². The minimum absolute atomic E-state index is 0.202. The SMILES string of the molecule is CN(Cc1cccc(F)c1)c1cc(C2CC2)ncn1. The summed E-state index contributed by atoms with van der Waals surface area (Å²) in [6.45, 7) is 0.638. The fourth-order valence-corrected chi connectivity index (χ4v) is 2.16. The van der Waals surface area contributed by atoms with Crippen molar-refractivity contribution in [2.24, 2.45) is 0 Å². The van der Waals surface area contributed by atoms with E-state index in [-0.39, 0.29) is 5.82 Å². The summed E-state index contributed by atoms with van der Waals surface area (Å²) in [6.07, 6.45) is 4.07. The number of nitrogens with zero attached hydrogens (tertiary/aromatic N) is 3. The van der Waals surface area contributed by atoms with Crippen molar-refractivity contribution >= 4 is 5.82 Å². The molecular formula is C15H16FN3. The molecule has 98 valence electrons. The van der Waals surface area contributed by atoms with Gasteiger partial charge in [0.25, 0.3) is 0 Å². The minimum atomic E-state index is -0.202. The first-order valence-electron chi connectivity index (χ1n) is 6.50. The molecule has 0 atom stereocenters. The van der Waals surface area contributed by atoms with Crippen LogP contribution in [0, 0.1) is 5.82 Å². The Morgan fingerprint density at radius 2 is 2.11 bits per heavy atom. The summed E-state index contributed by atoms with van der Waals surface area (Å²) in [5.41, 5.74) is 2.06. The summed E-state index contributed by atoms with van der Waals surface area (Å²) in [5, 5.41) is 0. The molecular weight excluding hydrogens is 241 g/mol. The topological polar surface area (TPSA) is 29.0 Å². The first-order valence-corrected chi connectivity index (χ1v) is 6.50. The highest BCUT2D eigenvalue weighted by Crippen LogP contribution is 2.39. The number of halogens is 1. The Hall–Kier alpha value is -1.97. The Balaban J connectivity index is 1.76. The van der Waals surface area contributed by atoms with Crippen molar-refractivity contribution in [3.05, 3.63) is 53.7 Å². The van der Waals surface area contributed by atoms with E-state index in [9.17, 15) is 4.39 Å². The third kappa shape index (κ3) is 2.89. The Kier molecular flexibility index (Phi) is 3.15. The lowest BCUT2D eigenvalue weighted by molar-refractivity contribution is 0.625. The molecule has 0 unspecified atom stereocenters. The van der Waals surface area contributed by atoms with Gasteiger partial charge in [-0.05, 0) is 30.5 Å². The molecule has 3 nitrogen and oxygen atoms in total. The molecule has 1 aromatic carbocycles. The molecule has 19 heavy (non-hydrogen) atoms. The van der Waals surface area contributed by atoms with Gasteiger partial charge in [0.1, 0.15) is 18.0 Å². The van der Waals surface area contributed by atoms with Crippen LogP contribution in [0.4, 0.5) is 10.2 Å². The van der Waals surface area contributed by atoms with Gasteiger partial charge in [-0.15, -0.1) is 0 Å². The molecule has 3 rings (SSSR count). The second-order valence-corrected chi connectivity index (χ2v) is 5.06. The number of aromatic nitrogens is 2. The molecule has 1 aromatic heterocycles. The van der Waals surface area contributed by atoms with Crippen LogP contribution in [0.25, 0.3) is 0 Å². The number of hydrogen-bond donors (Lipinski definition) is 0. The van der Waals surface area contributed by atoms with E-state index < -0.39 is 0 Å². The Labute approximate surface area is 112 Å². The fraction of sp³-hybridized carbons (Fsp3) is 0.333. The highest BCUT2D eigenvalue weighted by Gasteiger charge is 2.25. The zero-order valence-corrected chi connectivity index (χ0v) is 10.9. The van der Waals surface area contributed by atoms with E-state index in [1.54, 1.807) is 18.5 Å². The van der Waals surface area contributed by atoms with Crippen LogP contribution in [0.15, 0.2) is 36.7 Å². The number of rotatable bonds is 4. The lowest BCUT2D eigenvalue weighted by atomic mass is 10.2. The first-order chi connectivity index (χ1) is 9.22. The van der Waals surface area contributed by atoms with Gasteiger partial charge in [-0.1, -0.05) is 12.1 Å². The molecule has 4 heteroatoms. The molecule has 1 saturated carbocycles. The molecule has 1 heterocycles. The van der Waals surface area contributed by atoms with Crippen molar-refractivity contribution in [1.29, 1.82) is 0 Å². The van der Waals surface area contributed by atoms with Crippen molar-refractivity contribution in [2.45, 2.75) is 25.3 Å². The second-order valence-electron chi connectivity index (χ2n) is 5.06. The zero-order chi connectivity index (χ0) is 13.2. The van der Waals surface area contributed by atoms with Crippen molar-refractivity contribution in [1.82, 2.24) is 9.97 Å². The summed E-state index contributed by atoms with van der Waals surface area (Å²) >= 11 is 0. The summed E-state index contributed by atoms with van der Waals surface area (Å²) < 4.78 is 13.2. The third-order valence-corrected chi connectivity index (χ3v) is 3.37. The molecule has 0 bridgehead atoms. The maximum atomic E-state index is 13.2. The van der Waals surface area contributed by atoms with E-state index in [1.165, 1.54) is 18.9 Å². The minimum Gasteiger partial charge on any atom is -0.355 e. The maximum Gasteiger partial charge on any atom is 0.132 e. The Bertz CT molecular complexity index is 581. The molecule has 0 spiro atoms. The van der Waals surface area contributed by atoms with Crippen molar-refractivity contribution in [3.8, 4) is 0 Å². The fourth-order valence-electron chi connectivity index (χ4n) is 2.16. The number of anilines is 1. The predicted molar refractivity (Wildman–Crippen MR) is 72.5 cm³/mol. The van der Waals surface area contributed by atoms with Gasteiger partial charge in [-0.2, -0.15) is 0 Å². The number of benzene rings is 1. The average Bonchev–Trinajstić information content (AvgIpc) is 3.23. The summed E-state index contributed by atoms with van der Waals surface area (Å²) in [6, 6.07) is 8.70. The Morgan fingerprint density at radius 1 is 1.26 bits per heavy atom. The van der Waals surface area contributed by atoms with E-state index in [1.807, 2.05) is 24.1 Å². The van der Waals surface area contributed by atoms with Gasteiger partial charge in [-0.25, -0.2) is 14.4 Å². The van der Waals surface area contributed by atoms with Crippen molar-refractivity contribution in [2.75, 3.05) is 11.9 Å². The molecule has 1 fully saturated rings. The van der Waals surface area contributed by atoms with Gasteiger partial charge >= 0.3 is 0 Å². The zero-order valence-electron chi connectivity index (χ0n) is 10.9. The van der Waals surface area contributed by atoms with Crippen LogP contribution in [-0.4, -0.2) is 17.0 Å². The van der Waals surface area contributed by atoms with Crippen molar-refractivity contribution in [3.63, 3.8) is 0 Å². The van der Waals surface area contributed by atoms with Crippen LogP contribution in [0.1, 0.15) is 30.0 Å². The van der Waals surface area contributed by atoms with Gasteiger partial charge < -0.3 is 4.90 Å². The largest absolute Gasteiger partial charge is 0.355 e. The van der Waals surface area contributed by atoms with Gasteiger partial charge in [-0.3, -0.25) is 0 Å². The molecule has 0 aliphatic heterocycles.